The number of ether oxygens (including phenoxy) is 1. The molecule has 1 fully saturated rings. The number of benzene rings is 1. The second-order valence-corrected chi connectivity index (χ2v) is 6.75. The van der Waals surface area contributed by atoms with Crippen LogP contribution >= 0.6 is 40.7 Å². The monoisotopic (exact) mass is 442 g/mol. The number of phenolic OH excluding ortho intramolecular Hbond substituents is 1. The van der Waals surface area contributed by atoms with Crippen LogP contribution in [0.1, 0.15) is 38.8 Å². The van der Waals surface area contributed by atoms with E-state index in [1.54, 1.807) is 0 Å². The van der Waals surface area contributed by atoms with E-state index in [9.17, 15) is 5.11 Å². The summed E-state index contributed by atoms with van der Waals surface area (Å²) in [5.74, 6) is 1.30. The predicted molar refractivity (Wildman–Crippen MR) is 108 cm³/mol. The van der Waals surface area contributed by atoms with Crippen molar-refractivity contribution in [2.45, 2.75) is 33.2 Å². The standard InChI is InChI=1S/C17H27BrN2O2.2ClH/c1-4-12(3)16(20-8-6-19-7-9-20)13-10-14(18)17(21)15(11-13)22-5-2;;/h10-12,16,19,21H,4-9H2,1-3H3;2*1H/t12?,16-;;/m1../s1. The Morgan fingerprint density at radius 1 is 1.25 bits per heavy atom. The quantitative estimate of drug-likeness (QED) is 0.684. The second kappa shape index (κ2) is 11.4. The molecule has 0 saturated carbocycles. The third-order valence-electron chi connectivity index (χ3n) is 4.42. The molecule has 1 unspecified atom stereocenters. The van der Waals surface area contributed by atoms with Crippen LogP contribution in [0.2, 0.25) is 0 Å². The topological polar surface area (TPSA) is 44.7 Å². The van der Waals surface area contributed by atoms with Gasteiger partial charge in [0.15, 0.2) is 11.5 Å². The molecule has 2 N–H and O–H groups in total. The van der Waals surface area contributed by atoms with Crippen LogP contribution in [0.3, 0.4) is 0 Å². The van der Waals surface area contributed by atoms with E-state index in [0.717, 1.165) is 32.6 Å². The summed E-state index contributed by atoms with van der Waals surface area (Å²) in [5, 5.41) is 13.6. The van der Waals surface area contributed by atoms with Crippen molar-refractivity contribution in [1.29, 1.82) is 0 Å². The van der Waals surface area contributed by atoms with Gasteiger partial charge in [-0.1, -0.05) is 20.3 Å². The van der Waals surface area contributed by atoms with Crippen molar-refractivity contribution in [1.82, 2.24) is 10.2 Å². The zero-order chi connectivity index (χ0) is 16.1. The van der Waals surface area contributed by atoms with Crippen LogP contribution in [-0.4, -0.2) is 42.8 Å². The van der Waals surface area contributed by atoms with Gasteiger partial charge in [-0.3, -0.25) is 4.90 Å². The molecule has 0 spiro atoms. The molecule has 0 bridgehead atoms. The molecule has 1 aliphatic rings. The first-order valence-electron chi connectivity index (χ1n) is 8.18. The van der Waals surface area contributed by atoms with E-state index in [4.69, 9.17) is 4.74 Å². The van der Waals surface area contributed by atoms with Crippen LogP contribution in [-0.2, 0) is 0 Å². The summed E-state index contributed by atoms with van der Waals surface area (Å²) in [7, 11) is 0. The smallest absolute Gasteiger partial charge is 0.172 e. The molecule has 2 atom stereocenters. The highest BCUT2D eigenvalue weighted by atomic mass is 79.9. The summed E-state index contributed by atoms with van der Waals surface area (Å²) in [4.78, 5) is 2.54. The molecule has 140 valence electrons. The lowest BCUT2D eigenvalue weighted by Crippen LogP contribution is -2.46. The summed E-state index contributed by atoms with van der Waals surface area (Å²) in [6.07, 6.45) is 1.12. The molecule has 7 heteroatoms. The maximum Gasteiger partial charge on any atom is 0.172 e. The zero-order valence-electron chi connectivity index (χ0n) is 14.5. The first-order chi connectivity index (χ1) is 10.6. The van der Waals surface area contributed by atoms with E-state index in [-0.39, 0.29) is 30.6 Å². The summed E-state index contributed by atoms with van der Waals surface area (Å²) in [6, 6.07) is 4.39. The lowest BCUT2D eigenvalue weighted by atomic mass is 9.90. The number of phenols is 1. The lowest BCUT2D eigenvalue weighted by molar-refractivity contribution is 0.128. The SMILES string of the molecule is CCOc1cc([C@@H](C(C)CC)N2CCNCC2)cc(Br)c1O.Cl.Cl. The molecule has 1 heterocycles. The summed E-state index contributed by atoms with van der Waals surface area (Å²) in [6.45, 7) is 11.2. The minimum absolute atomic E-state index is 0. The van der Waals surface area contributed by atoms with Gasteiger partial charge in [0.1, 0.15) is 0 Å². The average molecular weight is 444 g/mol. The number of hydrogen-bond donors (Lipinski definition) is 2. The Morgan fingerprint density at radius 2 is 1.88 bits per heavy atom. The van der Waals surface area contributed by atoms with Crippen LogP contribution in [0, 0.1) is 5.92 Å². The minimum atomic E-state index is 0. The third-order valence-corrected chi connectivity index (χ3v) is 5.02. The van der Waals surface area contributed by atoms with Gasteiger partial charge in [0, 0.05) is 32.2 Å². The Balaban J connectivity index is 0.00000264. The first kappa shape index (κ1) is 23.8. The van der Waals surface area contributed by atoms with Gasteiger partial charge in [-0.15, -0.1) is 24.8 Å². The summed E-state index contributed by atoms with van der Waals surface area (Å²) >= 11 is 3.47. The summed E-state index contributed by atoms with van der Waals surface area (Å²) < 4.78 is 6.30. The Hall–Kier alpha value is -0.200. The Bertz CT molecular complexity index is 500. The third kappa shape index (κ3) is 5.67. The first-order valence-corrected chi connectivity index (χ1v) is 8.97. The molecule has 4 nitrogen and oxygen atoms in total. The van der Waals surface area contributed by atoms with E-state index in [1.165, 1.54) is 5.56 Å². The zero-order valence-corrected chi connectivity index (χ0v) is 17.8. The Kier molecular flexibility index (Phi) is 11.3. The molecule has 2 rings (SSSR count). The fourth-order valence-electron chi connectivity index (χ4n) is 3.11. The van der Waals surface area contributed by atoms with Crippen LogP contribution in [0.5, 0.6) is 11.5 Å². The molecule has 1 aliphatic heterocycles. The maximum atomic E-state index is 10.1. The van der Waals surface area contributed by atoms with Crippen molar-refractivity contribution in [3.05, 3.63) is 22.2 Å². The molecule has 0 aromatic heterocycles. The lowest BCUT2D eigenvalue weighted by Gasteiger charge is -2.38. The highest BCUT2D eigenvalue weighted by Crippen LogP contribution is 2.40. The van der Waals surface area contributed by atoms with Crippen LogP contribution in [0.25, 0.3) is 0 Å². The van der Waals surface area contributed by atoms with Crippen molar-refractivity contribution in [3.8, 4) is 11.5 Å². The molecule has 0 aliphatic carbocycles. The van der Waals surface area contributed by atoms with Gasteiger partial charge < -0.3 is 15.2 Å². The average Bonchev–Trinajstić information content (AvgIpc) is 2.53. The van der Waals surface area contributed by atoms with Crippen molar-refractivity contribution >= 4 is 40.7 Å². The highest BCUT2D eigenvalue weighted by Gasteiger charge is 2.28. The van der Waals surface area contributed by atoms with Crippen molar-refractivity contribution in [2.24, 2.45) is 5.92 Å². The molecule has 24 heavy (non-hydrogen) atoms. The number of rotatable bonds is 6. The van der Waals surface area contributed by atoms with Gasteiger partial charge in [0.05, 0.1) is 11.1 Å². The van der Waals surface area contributed by atoms with Gasteiger partial charge in [-0.05, 0) is 46.5 Å². The number of nitrogens with zero attached hydrogens (tertiary/aromatic N) is 1. The fraction of sp³-hybridized carbons (Fsp3) is 0.647. The van der Waals surface area contributed by atoms with Gasteiger partial charge in [0.25, 0.3) is 0 Å². The van der Waals surface area contributed by atoms with E-state index >= 15 is 0 Å². The second-order valence-electron chi connectivity index (χ2n) is 5.90. The Morgan fingerprint density at radius 3 is 2.42 bits per heavy atom. The van der Waals surface area contributed by atoms with Crippen molar-refractivity contribution in [3.63, 3.8) is 0 Å². The molecular formula is C17H29BrCl2N2O2. The molecule has 1 saturated heterocycles. The fourth-order valence-corrected chi connectivity index (χ4v) is 3.57. The normalized spacial score (nSPS) is 17.3. The molecule has 0 amide bonds. The van der Waals surface area contributed by atoms with E-state index in [2.05, 4.69) is 40.0 Å². The predicted octanol–water partition coefficient (Wildman–Crippen LogP) is 4.39. The summed E-state index contributed by atoms with van der Waals surface area (Å²) in [5.41, 5.74) is 1.21. The van der Waals surface area contributed by atoms with E-state index in [0.29, 0.717) is 28.8 Å². The Labute approximate surface area is 166 Å². The maximum absolute atomic E-state index is 10.1. The van der Waals surface area contributed by atoms with Crippen LogP contribution in [0.15, 0.2) is 16.6 Å². The number of nitrogens with one attached hydrogen (secondary N) is 1. The largest absolute Gasteiger partial charge is 0.503 e. The molecular weight excluding hydrogens is 415 g/mol. The van der Waals surface area contributed by atoms with E-state index in [1.807, 2.05) is 19.1 Å². The van der Waals surface area contributed by atoms with Crippen LogP contribution in [0.4, 0.5) is 0 Å². The number of hydrogen-bond acceptors (Lipinski definition) is 4. The van der Waals surface area contributed by atoms with Gasteiger partial charge >= 0.3 is 0 Å². The number of aromatic hydroxyl groups is 1. The number of piperazine rings is 1. The van der Waals surface area contributed by atoms with Gasteiger partial charge in [0.2, 0.25) is 0 Å². The van der Waals surface area contributed by atoms with Gasteiger partial charge in [-0.2, -0.15) is 0 Å². The van der Waals surface area contributed by atoms with Gasteiger partial charge in [-0.25, -0.2) is 0 Å². The number of halogens is 3. The molecule has 0 radical (unpaired) electrons. The van der Waals surface area contributed by atoms with E-state index < -0.39 is 0 Å². The van der Waals surface area contributed by atoms with Crippen LogP contribution < -0.4 is 10.1 Å². The van der Waals surface area contributed by atoms with Crippen molar-refractivity contribution in [2.75, 3.05) is 32.8 Å². The minimum Gasteiger partial charge on any atom is -0.503 e. The highest BCUT2D eigenvalue weighted by molar-refractivity contribution is 9.10. The molecule has 1 aromatic carbocycles. The van der Waals surface area contributed by atoms with Crippen molar-refractivity contribution < 1.29 is 9.84 Å². The molecule has 1 aromatic rings.